The number of amides is 4. The number of nitrogens with zero attached hydrogens (tertiary/aromatic N) is 4. The normalized spacial score (nSPS) is 16.8. The number of ether oxygens (including phenoxy) is 2. The molecule has 1 aliphatic rings. The minimum atomic E-state index is -1.21. The highest BCUT2D eigenvalue weighted by Crippen LogP contribution is 2.30. The van der Waals surface area contributed by atoms with E-state index in [9.17, 15) is 43.5 Å². The van der Waals surface area contributed by atoms with Crippen LogP contribution in [0, 0.1) is 6.92 Å². The van der Waals surface area contributed by atoms with Crippen LogP contribution in [0.5, 0.6) is 0 Å². The third-order valence-corrected chi connectivity index (χ3v) is 10.1. The number of carbonyl (C=O) groups is 6. The zero-order valence-corrected chi connectivity index (χ0v) is 35.3. The molecule has 1 aromatic heterocycles. The molecule has 0 radical (unpaired) electrons. The second-order valence-corrected chi connectivity index (χ2v) is 15.2. The van der Waals surface area contributed by atoms with Crippen LogP contribution in [-0.2, 0) is 38.2 Å². The van der Waals surface area contributed by atoms with Crippen molar-refractivity contribution in [2.24, 2.45) is 5.11 Å². The van der Waals surface area contributed by atoms with E-state index in [2.05, 4.69) is 43.2 Å². The van der Waals surface area contributed by atoms with Crippen molar-refractivity contribution in [1.82, 2.24) is 30.8 Å². The summed E-state index contributed by atoms with van der Waals surface area (Å²) in [5.41, 5.74) is 7.98. The van der Waals surface area contributed by atoms with E-state index >= 15 is 0 Å². The van der Waals surface area contributed by atoms with Gasteiger partial charge in [-0.05, 0) is 44.6 Å². The summed E-state index contributed by atoms with van der Waals surface area (Å²) in [5.74, 6) is -3.84. The number of hydrogen-bond donors (Lipinski definition) is 6. The maximum absolute atomic E-state index is 12.9. The summed E-state index contributed by atoms with van der Waals surface area (Å²) in [6, 6.07) is -3.12. The van der Waals surface area contributed by atoms with Gasteiger partial charge in [-0.1, -0.05) is 76.2 Å². The first-order valence-corrected chi connectivity index (χ1v) is 21.3. The van der Waals surface area contributed by atoms with Crippen molar-refractivity contribution in [3.63, 3.8) is 0 Å². The van der Waals surface area contributed by atoms with Crippen molar-refractivity contribution >= 4 is 35.6 Å². The fourth-order valence-corrected chi connectivity index (χ4v) is 6.73. The van der Waals surface area contributed by atoms with Crippen molar-refractivity contribution < 1.29 is 43.3 Å². The van der Waals surface area contributed by atoms with Gasteiger partial charge in [-0.3, -0.25) is 38.3 Å². The molecule has 0 aliphatic carbocycles. The van der Waals surface area contributed by atoms with Crippen LogP contribution in [0.4, 0.5) is 0 Å². The standard InChI is InChI=1S/C40H65N9O11/c1-4-5-6-7-8-9-10-11-12-13-14-18-33(51)42-22-16-15-17-30(39(56)57)45-34(52)21-23-43-38(55)29(44-28(3)50)19-20-36(53)59-26-32-31(47-48-41)24-35(60-32)49-25-27(2)37(54)46-40(49)58/h25,29-32,35H,4-24,26H2,1-3H3,(H,42,51)(H,43,55)(H,44,50)(H,45,52)(H,56,57)(H,46,54,58)/t29-,30-,31-,32+,35+/m0/s1. The smallest absolute Gasteiger partial charge is 0.330 e. The Labute approximate surface area is 350 Å². The molecule has 0 saturated carbocycles. The van der Waals surface area contributed by atoms with Gasteiger partial charge in [-0.25, -0.2) is 9.59 Å². The van der Waals surface area contributed by atoms with Gasteiger partial charge in [0.2, 0.25) is 23.6 Å². The van der Waals surface area contributed by atoms with E-state index in [1.165, 1.54) is 71.4 Å². The lowest BCUT2D eigenvalue weighted by atomic mass is 10.1. The average Bonchev–Trinajstić information content (AvgIpc) is 3.60. The van der Waals surface area contributed by atoms with Crippen molar-refractivity contribution in [1.29, 1.82) is 0 Å². The minimum absolute atomic E-state index is 0.0253. The molecule has 20 heteroatoms. The molecule has 20 nitrogen and oxygen atoms in total. The Kier molecular flexibility index (Phi) is 24.7. The van der Waals surface area contributed by atoms with Gasteiger partial charge in [0, 0.05) is 62.4 Å². The maximum Gasteiger partial charge on any atom is 0.330 e. The van der Waals surface area contributed by atoms with Crippen LogP contribution in [0.2, 0.25) is 0 Å². The lowest BCUT2D eigenvalue weighted by molar-refractivity contribution is -0.149. The molecule has 4 amide bonds. The molecule has 60 heavy (non-hydrogen) atoms. The predicted octanol–water partition coefficient (Wildman–Crippen LogP) is 3.70. The fraction of sp³-hybridized carbons (Fsp3) is 0.750. The highest BCUT2D eigenvalue weighted by atomic mass is 16.6. The number of carboxylic acid groups (broad SMARTS) is 1. The lowest BCUT2D eigenvalue weighted by Crippen LogP contribution is -2.47. The van der Waals surface area contributed by atoms with Gasteiger partial charge in [0.15, 0.2) is 0 Å². The zero-order valence-electron chi connectivity index (χ0n) is 35.3. The van der Waals surface area contributed by atoms with Crippen molar-refractivity contribution in [3.05, 3.63) is 43.0 Å². The van der Waals surface area contributed by atoms with Gasteiger partial charge in [-0.15, -0.1) is 0 Å². The Morgan fingerprint density at radius 1 is 0.883 bits per heavy atom. The summed E-state index contributed by atoms with van der Waals surface area (Å²) >= 11 is 0. The molecule has 2 heterocycles. The van der Waals surface area contributed by atoms with Crippen LogP contribution >= 0.6 is 0 Å². The Hall–Kier alpha value is -5.23. The summed E-state index contributed by atoms with van der Waals surface area (Å²) < 4.78 is 12.3. The second-order valence-electron chi connectivity index (χ2n) is 15.2. The first-order chi connectivity index (χ1) is 28.7. The van der Waals surface area contributed by atoms with E-state index in [-0.39, 0.29) is 56.7 Å². The van der Waals surface area contributed by atoms with Crippen LogP contribution < -0.4 is 32.5 Å². The molecule has 1 aromatic rings. The number of aryl methyl sites for hydroxylation is 1. The molecule has 6 N–H and O–H groups in total. The molecule has 1 saturated heterocycles. The number of aromatic nitrogens is 2. The van der Waals surface area contributed by atoms with E-state index in [1.807, 2.05) is 0 Å². The van der Waals surface area contributed by atoms with E-state index in [4.69, 9.17) is 15.0 Å². The molecular formula is C40H65N9O11. The number of aliphatic carboxylic acids is 1. The summed E-state index contributed by atoms with van der Waals surface area (Å²) in [5, 5.41) is 23.6. The summed E-state index contributed by atoms with van der Waals surface area (Å²) in [7, 11) is 0. The van der Waals surface area contributed by atoms with Gasteiger partial charge in [-0.2, -0.15) is 0 Å². The number of esters is 1. The molecule has 336 valence electrons. The first-order valence-electron chi connectivity index (χ1n) is 21.3. The second kappa shape index (κ2) is 29.1. The third-order valence-electron chi connectivity index (χ3n) is 10.1. The van der Waals surface area contributed by atoms with Crippen LogP contribution in [0.25, 0.3) is 10.4 Å². The molecule has 5 atom stereocenters. The molecule has 0 bridgehead atoms. The Morgan fingerprint density at radius 2 is 1.55 bits per heavy atom. The SMILES string of the molecule is CCCCCCCCCCCCCC(=O)NCCCC[C@H](NC(=O)CCNC(=O)[C@H](CCC(=O)OC[C@H]1O[C@@H](n2cc(C)c(=O)[nH]c2=O)C[C@@H]1N=[N+]=[N-])NC(C)=O)C(=O)O. The van der Waals surface area contributed by atoms with Gasteiger partial charge >= 0.3 is 17.6 Å². The number of carbonyl (C=O) groups excluding carboxylic acids is 5. The molecule has 1 aliphatic heterocycles. The maximum atomic E-state index is 12.9. The number of H-pyrrole nitrogens is 1. The summed E-state index contributed by atoms with van der Waals surface area (Å²) in [4.78, 5) is 103. The highest BCUT2D eigenvalue weighted by molar-refractivity contribution is 5.88. The van der Waals surface area contributed by atoms with E-state index < -0.39 is 71.4 Å². The average molecular weight is 848 g/mol. The summed E-state index contributed by atoms with van der Waals surface area (Å²) in [6.07, 6.45) is 13.7. The number of azide groups is 1. The molecule has 2 rings (SSSR count). The first kappa shape index (κ1) is 50.9. The van der Waals surface area contributed by atoms with Crippen molar-refractivity contribution in [3.8, 4) is 0 Å². The third kappa shape index (κ3) is 20.6. The minimum Gasteiger partial charge on any atom is -0.480 e. The van der Waals surface area contributed by atoms with E-state index in [1.54, 1.807) is 0 Å². The molecule has 0 unspecified atom stereocenters. The molecule has 0 aromatic carbocycles. The molecule has 0 spiro atoms. The number of carboxylic acids is 1. The van der Waals surface area contributed by atoms with Gasteiger partial charge in [0.1, 0.15) is 31.0 Å². The number of unbranched alkanes of at least 4 members (excludes halogenated alkanes) is 11. The monoisotopic (exact) mass is 847 g/mol. The van der Waals surface area contributed by atoms with Crippen molar-refractivity contribution in [2.75, 3.05) is 19.7 Å². The van der Waals surface area contributed by atoms with Crippen LogP contribution in [0.1, 0.15) is 148 Å². The fourth-order valence-electron chi connectivity index (χ4n) is 6.73. The Bertz CT molecular complexity index is 1710. The summed E-state index contributed by atoms with van der Waals surface area (Å²) in [6.45, 7) is 4.79. The quantitative estimate of drug-likeness (QED) is 0.0206. The number of rotatable bonds is 31. The highest BCUT2D eigenvalue weighted by Gasteiger charge is 2.37. The lowest BCUT2D eigenvalue weighted by Gasteiger charge is -2.19. The number of aromatic amines is 1. The Morgan fingerprint density at radius 3 is 2.18 bits per heavy atom. The largest absolute Gasteiger partial charge is 0.480 e. The van der Waals surface area contributed by atoms with E-state index in [0.717, 1.165) is 23.8 Å². The predicted molar refractivity (Wildman–Crippen MR) is 220 cm³/mol. The van der Waals surface area contributed by atoms with E-state index in [0.29, 0.717) is 25.8 Å². The zero-order chi connectivity index (χ0) is 44.3. The van der Waals surface area contributed by atoms with Crippen LogP contribution in [-0.4, -0.2) is 94.2 Å². The van der Waals surface area contributed by atoms with Crippen LogP contribution in [0.3, 0.4) is 0 Å². The molecule has 1 fully saturated rings. The van der Waals surface area contributed by atoms with Crippen LogP contribution in [0.15, 0.2) is 20.9 Å². The molecular weight excluding hydrogens is 782 g/mol. The van der Waals surface area contributed by atoms with Gasteiger partial charge < -0.3 is 35.8 Å². The van der Waals surface area contributed by atoms with Gasteiger partial charge in [0.05, 0.1) is 6.04 Å². The van der Waals surface area contributed by atoms with Crippen molar-refractivity contribution in [2.45, 2.75) is 173 Å². The number of hydrogen-bond acceptors (Lipinski definition) is 11. The number of nitrogens with one attached hydrogen (secondary N) is 5. The Balaban J connectivity index is 1.67. The van der Waals surface area contributed by atoms with Gasteiger partial charge in [0.25, 0.3) is 5.56 Å². The topological polar surface area (TPSA) is 293 Å².